The Kier molecular flexibility index (Phi) is 6.62. The van der Waals surface area contributed by atoms with Gasteiger partial charge in [0.05, 0.1) is 13.7 Å². The molecule has 1 aromatic rings. The highest BCUT2D eigenvalue weighted by molar-refractivity contribution is 5.42. The molecule has 0 fully saturated rings. The average molecular weight is 269 g/mol. The molecule has 0 amide bonds. The van der Waals surface area contributed by atoms with Gasteiger partial charge in [0.2, 0.25) is 0 Å². The second-order valence-corrected chi connectivity index (χ2v) is 4.33. The number of ether oxygens (including phenoxy) is 2. The highest BCUT2D eigenvalue weighted by Crippen LogP contribution is 2.29. The molecule has 3 N–H and O–H groups in total. The number of methoxy groups -OCH3 is 1. The molecule has 0 spiro atoms. The molecule has 0 aromatic heterocycles. The second-order valence-electron chi connectivity index (χ2n) is 4.33. The number of benzene rings is 1. The monoisotopic (exact) mass is 269 g/mol. The minimum atomic E-state index is -0.881. The van der Waals surface area contributed by atoms with E-state index in [0.29, 0.717) is 11.5 Å². The van der Waals surface area contributed by atoms with E-state index in [-0.39, 0.29) is 19.3 Å². The maximum absolute atomic E-state index is 9.36. The summed E-state index contributed by atoms with van der Waals surface area (Å²) in [6, 6.07) is 5.73. The summed E-state index contributed by atoms with van der Waals surface area (Å²) >= 11 is 0. The van der Waals surface area contributed by atoms with E-state index >= 15 is 0 Å². The molecular formula is C14H23NO4. The Balaban J connectivity index is 2.88. The predicted octanol–water partition coefficient (Wildman–Crippen LogP) is 1.10. The summed E-state index contributed by atoms with van der Waals surface area (Å²) in [5, 5.41) is 21.5. The minimum absolute atomic E-state index is 0.0511. The normalized spacial score (nSPS) is 13.9. The van der Waals surface area contributed by atoms with Gasteiger partial charge in [0.1, 0.15) is 24.2 Å². The van der Waals surface area contributed by atoms with Crippen molar-refractivity contribution >= 4 is 0 Å². The Labute approximate surface area is 114 Å². The van der Waals surface area contributed by atoms with Gasteiger partial charge in [-0.3, -0.25) is 0 Å². The highest BCUT2D eigenvalue weighted by atomic mass is 16.5. The molecule has 0 saturated carbocycles. The zero-order valence-corrected chi connectivity index (χ0v) is 11.7. The van der Waals surface area contributed by atoms with Gasteiger partial charge in [-0.05, 0) is 19.5 Å². The van der Waals surface area contributed by atoms with Crippen LogP contribution in [-0.2, 0) is 0 Å². The minimum Gasteiger partial charge on any atom is -0.497 e. The Morgan fingerprint density at radius 3 is 2.68 bits per heavy atom. The lowest BCUT2D eigenvalue weighted by molar-refractivity contribution is 0.0531. The molecule has 0 aliphatic rings. The number of nitrogens with one attached hydrogen (secondary N) is 1. The van der Waals surface area contributed by atoms with Crippen molar-refractivity contribution in [3.05, 3.63) is 23.8 Å². The molecule has 2 unspecified atom stereocenters. The lowest BCUT2D eigenvalue weighted by Gasteiger charge is -2.19. The Bertz CT molecular complexity index is 384. The molecule has 0 heterocycles. The van der Waals surface area contributed by atoms with Crippen molar-refractivity contribution in [1.29, 1.82) is 0 Å². The predicted molar refractivity (Wildman–Crippen MR) is 73.7 cm³/mol. The van der Waals surface area contributed by atoms with E-state index in [2.05, 4.69) is 5.32 Å². The van der Waals surface area contributed by atoms with E-state index in [1.165, 1.54) is 0 Å². The standard InChI is InChI=1S/C14H23NO4/c1-4-15-10(2)13-6-5-12(18-3)7-14(13)19-9-11(17)8-16/h5-7,10-11,15-17H,4,8-9H2,1-3H3. The molecule has 0 aliphatic carbocycles. The summed E-state index contributed by atoms with van der Waals surface area (Å²) < 4.78 is 10.7. The smallest absolute Gasteiger partial charge is 0.127 e. The van der Waals surface area contributed by atoms with Crippen LogP contribution in [0.4, 0.5) is 0 Å². The van der Waals surface area contributed by atoms with Crippen LogP contribution in [0, 0.1) is 0 Å². The number of hydrogen-bond acceptors (Lipinski definition) is 5. The fourth-order valence-corrected chi connectivity index (χ4v) is 1.78. The largest absolute Gasteiger partial charge is 0.497 e. The van der Waals surface area contributed by atoms with E-state index in [1.54, 1.807) is 13.2 Å². The van der Waals surface area contributed by atoms with Crippen LogP contribution in [0.25, 0.3) is 0 Å². The third kappa shape index (κ3) is 4.70. The number of rotatable bonds is 8. The van der Waals surface area contributed by atoms with E-state index in [4.69, 9.17) is 14.6 Å². The van der Waals surface area contributed by atoms with E-state index in [1.807, 2.05) is 26.0 Å². The highest BCUT2D eigenvalue weighted by Gasteiger charge is 2.13. The molecule has 2 atom stereocenters. The van der Waals surface area contributed by atoms with Gasteiger partial charge in [-0.2, -0.15) is 0 Å². The third-order valence-corrected chi connectivity index (χ3v) is 2.84. The molecule has 1 rings (SSSR count). The first kappa shape index (κ1) is 15.8. The summed E-state index contributed by atoms with van der Waals surface area (Å²) in [7, 11) is 1.59. The molecule has 1 aromatic carbocycles. The van der Waals surface area contributed by atoms with Crippen LogP contribution in [0.1, 0.15) is 25.5 Å². The maximum Gasteiger partial charge on any atom is 0.127 e. The quantitative estimate of drug-likeness (QED) is 0.659. The van der Waals surface area contributed by atoms with Crippen LogP contribution in [-0.4, -0.2) is 43.2 Å². The van der Waals surface area contributed by atoms with Gasteiger partial charge >= 0.3 is 0 Å². The van der Waals surface area contributed by atoms with Gasteiger partial charge < -0.3 is 25.0 Å². The molecular weight excluding hydrogens is 246 g/mol. The van der Waals surface area contributed by atoms with Gasteiger partial charge in [-0.1, -0.05) is 13.0 Å². The van der Waals surface area contributed by atoms with Crippen LogP contribution in [0.5, 0.6) is 11.5 Å². The van der Waals surface area contributed by atoms with Gasteiger partial charge in [-0.15, -0.1) is 0 Å². The van der Waals surface area contributed by atoms with Crippen LogP contribution in [0.2, 0.25) is 0 Å². The first-order valence-electron chi connectivity index (χ1n) is 6.45. The Morgan fingerprint density at radius 1 is 1.37 bits per heavy atom. The van der Waals surface area contributed by atoms with Crippen LogP contribution in [0.15, 0.2) is 18.2 Å². The van der Waals surface area contributed by atoms with Crippen molar-refractivity contribution in [2.75, 3.05) is 26.9 Å². The molecule has 0 aliphatic heterocycles. The number of aliphatic hydroxyl groups excluding tert-OH is 2. The van der Waals surface area contributed by atoms with Gasteiger partial charge in [0.25, 0.3) is 0 Å². The summed E-state index contributed by atoms with van der Waals surface area (Å²) in [4.78, 5) is 0. The number of aliphatic hydroxyl groups is 2. The first-order chi connectivity index (χ1) is 9.12. The van der Waals surface area contributed by atoms with E-state index < -0.39 is 6.10 Å². The van der Waals surface area contributed by atoms with Crippen molar-refractivity contribution in [2.45, 2.75) is 26.0 Å². The molecule has 108 valence electrons. The molecule has 0 saturated heterocycles. The van der Waals surface area contributed by atoms with Crippen LogP contribution in [0.3, 0.4) is 0 Å². The summed E-state index contributed by atoms with van der Waals surface area (Å²) in [6.07, 6.45) is -0.881. The molecule has 5 nitrogen and oxygen atoms in total. The summed E-state index contributed by atoms with van der Waals surface area (Å²) in [5.41, 5.74) is 0.993. The SMILES string of the molecule is CCNC(C)c1ccc(OC)cc1OCC(O)CO. The zero-order chi connectivity index (χ0) is 14.3. The van der Waals surface area contributed by atoms with Crippen LogP contribution < -0.4 is 14.8 Å². The lowest BCUT2D eigenvalue weighted by Crippen LogP contribution is -2.23. The van der Waals surface area contributed by atoms with Crippen molar-refractivity contribution < 1.29 is 19.7 Å². The molecule has 0 bridgehead atoms. The van der Waals surface area contributed by atoms with Crippen molar-refractivity contribution in [1.82, 2.24) is 5.32 Å². The fraction of sp³-hybridized carbons (Fsp3) is 0.571. The summed E-state index contributed by atoms with van der Waals surface area (Å²) in [6.45, 7) is 4.67. The van der Waals surface area contributed by atoms with Gasteiger partial charge in [0.15, 0.2) is 0 Å². The lowest BCUT2D eigenvalue weighted by atomic mass is 10.1. The molecule has 5 heteroatoms. The van der Waals surface area contributed by atoms with Crippen LogP contribution >= 0.6 is 0 Å². The maximum atomic E-state index is 9.36. The van der Waals surface area contributed by atoms with Crippen molar-refractivity contribution in [3.8, 4) is 11.5 Å². The topological polar surface area (TPSA) is 71.0 Å². The van der Waals surface area contributed by atoms with Gasteiger partial charge in [0, 0.05) is 17.7 Å². The first-order valence-corrected chi connectivity index (χ1v) is 6.45. The number of hydrogen-bond donors (Lipinski definition) is 3. The zero-order valence-electron chi connectivity index (χ0n) is 11.7. The fourth-order valence-electron chi connectivity index (χ4n) is 1.78. The molecule has 0 radical (unpaired) electrons. The van der Waals surface area contributed by atoms with Gasteiger partial charge in [-0.25, -0.2) is 0 Å². The Morgan fingerprint density at radius 2 is 2.11 bits per heavy atom. The molecule has 19 heavy (non-hydrogen) atoms. The average Bonchev–Trinajstić information content (AvgIpc) is 2.44. The van der Waals surface area contributed by atoms with E-state index in [9.17, 15) is 5.11 Å². The third-order valence-electron chi connectivity index (χ3n) is 2.84. The Hall–Kier alpha value is -1.30. The van der Waals surface area contributed by atoms with Crippen molar-refractivity contribution in [2.24, 2.45) is 0 Å². The summed E-state index contributed by atoms with van der Waals surface area (Å²) in [5.74, 6) is 1.35. The van der Waals surface area contributed by atoms with Crippen molar-refractivity contribution in [3.63, 3.8) is 0 Å². The second kappa shape index (κ2) is 7.99. The van der Waals surface area contributed by atoms with E-state index in [0.717, 1.165) is 12.1 Å².